The molecule has 0 saturated heterocycles. The van der Waals surface area contributed by atoms with E-state index in [0.29, 0.717) is 60.0 Å². The third-order valence-electron chi connectivity index (χ3n) is 6.68. The van der Waals surface area contributed by atoms with E-state index in [4.69, 9.17) is 16.3 Å². The first-order valence-corrected chi connectivity index (χ1v) is 13.7. The molecule has 0 saturated carbocycles. The van der Waals surface area contributed by atoms with Gasteiger partial charge in [-0.15, -0.1) is 0 Å². The third kappa shape index (κ3) is 7.83. The minimum Gasteiger partial charge on any atom is -0.493 e. The number of carbonyl (C=O) groups excluding carboxylic acids is 2. The van der Waals surface area contributed by atoms with Crippen molar-refractivity contribution in [3.8, 4) is 11.4 Å². The van der Waals surface area contributed by atoms with Crippen molar-refractivity contribution in [3.63, 3.8) is 0 Å². The number of amides is 1. The SMILES string of the molecule is CCOc1ccc(Cl)cc1C(=O)CCC(C)(C)CC(=O)Nc1c(CCCCO)n(C)n(-c2ccccc2)c1=O. The van der Waals surface area contributed by atoms with E-state index in [1.165, 1.54) is 4.68 Å². The summed E-state index contributed by atoms with van der Waals surface area (Å²) in [4.78, 5) is 39.6. The number of ketones is 1. The zero-order valence-electron chi connectivity index (χ0n) is 23.1. The summed E-state index contributed by atoms with van der Waals surface area (Å²) < 4.78 is 8.88. The Kier molecular flexibility index (Phi) is 10.5. The van der Waals surface area contributed by atoms with E-state index >= 15 is 0 Å². The van der Waals surface area contributed by atoms with E-state index in [1.54, 1.807) is 29.9 Å². The van der Waals surface area contributed by atoms with Crippen molar-refractivity contribution in [2.45, 2.75) is 59.3 Å². The quantitative estimate of drug-likeness (QED) is 0.200. The van der Waals surface area contributed by atoms with Crippen LogP contribution in [0.4, 0.5) is 5.69 Å². The zero-order chi connectivity index (χ0) is 28.6. The number of anilines is 1. The molecule has 0 aliphatic rings. The Morgan fingerprint density at radius 1 is 1.10 bits per heavy atom. The lowest BCUT2D eigenvalue weighted by Crippen LogP contribution is -2.26. The van der Waals surface area contributed by atoms with Crippen LogP contribution >= 0.6 is 11.6 Å². The molecule has 8 nitrogen and oxygen atoms in total. The maximum Gasteiger partial charge on any atom is 0.295 e. The molecule has 1 heterocycles. The molecule has 0 bridgehead atoms. The fourth-order valence-corrected chi connectivity index (χ4v) is 4.79. The van der Waals surface area contributed by atoms with Crippen LogP contribution in [0, 0.1) is 5.41 Å². The Balaban J connectivity index is 1.75. The molecule has 2 aromatic carbocycles. The van der Waals surface area contributed by atoms with E-state index in [-0.39, 0.29) is 42.4 Å². The lowest BCUT2D eigenvalue weighted by molar-refractivity contribution is -0.118. The molecule has 3 rings (SSSR count). The first-order chi connectivity index (χ1) is 18.6. The van der Waals surface area contributed by atoms with Crippen LogP contribution < -0.4 is 15.6 Å². The number of aliphatic hydroxyl groups is 1. The normalized spacial score (nSPS) is 11.4. The van der Waals surface area contributed by atoms with Gasteiger partial charge >= 0.3 is 0 Å². The smallest absolute Gasteiger partial charge is 0.295 e. The summed E-state index contributed by atoms with van der Waals surface area (Å²) in [6.45, 7) is 6.20. The van der Waals surface area contributed by atoms with E-state index in [0.717, 1.165) is 0 Å². The van der Waals surface area contributed by atoms with E-state index < -0.39 is 5.41 Å². The highest BCUT2D eigenvalue weighted by Gasteiger charge is 2.27. The van der Waals surface area contributed by atoms with E-state index in [2.05, 4.69) is 5.32 Å². The number of unbranched alkanes of at least 4 members (excludes halogenated alkanes) is 1. The van der Waals surface area contributed by atoms with Crippen molar-refractivity contribution in [2.75, 3.05) is 18.5 Å². The third-order valence-corrected chi connectivity index (χ3v) is 6.92. The first-order valence-electron chi connectivity index (χ1n) is 13.3. The molecule has 3 aromatic rings. The Morgan fingerprint density at radius 3 is 2.49 bits per heavy atom. The largest absolute Gasteiger partial charge is 0.493 e. The Morgan fingerprint density at radius 2 is 1.82 bits per heavy atom. The molecule has 2 N–H and O–H groups in total. The lowest BCUT2D eigenvalue weighted by Gasteiger charge is -2.23. The van der Waals surface area contributed by atoms with Gasteiger partial charge in [-0.25, -0.2) is 4.68 Å². The molecule has 0 spiro atoms. The van der Waals surface area contributed by atoms with Gasteiger partial charge in [-0.1, -0.05) is 43.6 Å². The molecular formula is C30H38ClN3O5. The van der Waals surface area contributed by atoms with Crippen LogP contribution in [0.25, 0.3) is 5.69 Å². The summed E-state index contributed by atoms with van der Waals surface area (Å²) >= 11 is 6.11. The topological polar surface area (TPSA) is 103 Å². The van der Waals surface area contributed by atoms with Crippen LogP contribution in [0.15, 0.2) is 53.3 Å². The summed E-state index contributed by atoms with van der Waals surface area (Å²) in [6.07, 6.45) is 2.61. The van der Waals surface area contributed by atoms with Crippen molar-refractivity contribution in [1.29, 1.82) is 0 Å². The summed E-state index contributed by atoms with van der Waals surface area (Å²) in [5.41, 5.74) is 1.25. The minimum absolute atomic E-state index is 0.0587. The molecule has 0 aliphatic heterocycles. The number of hydrogen-bond donors (Lipinski definition) is 2. The van der Waals surface area contributed by atoms with Gasteiger partial charge < -0.3 is 15.2 Å². The second-order valence-corrected chi connectivity index (χ2v) is 10.8. The van der Waals surface area contributed by atoms with Crippen LogP contribution in [0.2, 0.25) is 5.02 Å². The van der Waals surface area contributed by atoms with E-state index in [1.807, 2.05) is 51.1 Å². The van der Waals surface area contributed by atoms with Gasteiger partial charge in [0, 0.05) is 31.5 Å². The molecule has 210 valence electrons. The fourth-order valence-electron chi connectivity index (χ4n) is 4.62. The van der Waals surface area contributed by atoms with Crippen molar-refractivity contribution < 1.29 is 19.4 Å². The number of carbonyl (C=O) groups is 2. The van der Waals surface area contributed by atoms with Crippen molar-refractivity contribution in [1.82, 2.24) is 9.36 Å². The highest BCUT2D eigenvalue weighted by Crippen LogP contribution is 2.31. The number of nitrogens with zero attached hydrogens (tertiary/aromatic N) is 2. The highest BCUT2D eigenvalue weighted by atomic mass is 35.5. The van der Waals surface area contributed by atoms with Gasteiger partial charge in [-0.2, -0.15) is 0 Å². The molecule has 0 fully saturated rings. The maximum atomic E-state index is 13.4. The number of aromatic nitrogens is 2. The van der Waals surface area contributed by atoms with E-state index in [9.17, 15) is 19.5 Å². The number of halogens is 1. The zero-order valence-corrected chi connectivity index (χ0v) is 23.9. The van der Waals surface area contributed by atoms with Gasteiger partial charge in [0.1, 0.15) is 11.4 Å². The molecule has 1 aromatic heterocycles. The average molecular weight is 556 g/mol. The van der Waals surface area contributed by atoms with Crippen molar-refractivity contribution >= 4 is 29.0 Å². The highest BCUT2D eigenvalue weighted by molar-refractivity contribution is 6.31. The number of benzene rings is 2. The number of rotatable bonds is 14. The number of nitrogens with one attached hydrogen (secondary N) is 1. The molecule has 0 atom stereocenters. The summed E-state index contributed by atoms with van der Waals surface area (Å²) in [7, 11) is 1.79. The summed E-state index contributed by atoms with van der Waals surface area (Å²) in [6, 6.07) is 14.2. The van der Waals surface area contributed by atoms with Crippen molar-refractivity contribution in [2.24, 2.45) is 12.5 Å². The lowest BCUT2D eigenvalue weighted by atomic mass is 9.82. The minimum atomic E-state index is -0.506. The summed E-state index contributed by atoms with van der Waals surface area (Å²) in [5.74, 6) is 0.0980. The van der Waals surface area contributed by atoms with Crippen molar-refractivity contribution in [3.05, 3.63) is 75.2 Å². The second-order valence-electron chi connectivity index (χ2n) is 10.4. The summed E-state index contributed by atoms with van der Waals surface area (Å²) in [5, 5.41) is 12.6. The van der Waals surface area contributed by atoms with Gasteiger partial charge in [0.05, 0.1) is 23.6 Å². The van der Waals surface area contributed by atoms with Gasteiger partial charge in [-0.05, 0) is 68.4 Å². The van der Waals surface area contributed by atoms with Crippen LogP contribution in [-0.4, -0.2) is 39.4 Å². The monoisotopic (exact) mass is 555 g/mol. The van der Waals surface area contributed by atoms with Gasteiger partial charge in [-0.3, -0.25) is 19.1 Å². The molecule has 9 heteroatoms. The predicted octanol–water partition coefficient (Wildman–Crippen LogP) is 5.56. The number of hydrogen-bond acceptors (Lipinski definition) is 5. The standard InChI is InChI=1S/C30H38ClN3O5/c1-5-39-26-15-14-21(31)19-23(26)25(36)16-17-30(2,3)20-27(37)32-28-24(13-9-10-18-35)33(4)34(29(28)38)22-11-7-6-8-12-22/h6-8,11-12,14-15,19,35H,5,9-10,13,16-18,20H2,1-4H3,(H,32,37). The Bertz CT molecular complexity index is 1340. The molecule has 0 unspecified atom stereocenters. The van der Waals surface area contributed by atoms with Crippen LogP contribution in [0.5, 0.6) is 5.75 Å². The van der Waals surface area contributed by atoms with Crippen LogP contribution in [0.1, 0.15) is 68.9 Å². The molecule has 0 aliphatic carbocycles. The predicted molar refractivity (Wildman–Crippen MR) is 154 cm³/mol. The fraction of sp³-hybridized carbons (Fsp3) is 0.433. The van der Waals surface area contributed by atoms with Crippen LogP contribution in [0.3, 0.4) is 0 Å². The molecular weight excluding hydrogens is 518 g/mol. The number of Topliss-reactive ketones (excluding diaryl/α,β-unsaturated/α-hetero) is 1. The number of ether oxygens (including phenoxy) is 1. The number of aliphatic hydroxyl groups excluding tert-OH is 1. The molecule has 39 heavy (non-hydrogen) atoms. The maximum absolute atomic E-state index is 13.4. The van der Waals surface area contributed by atoms with Gasteiger partial charge in [0.2, 0.25) is 5.91 Å². The second kappa shape index (κ2) is 13.6. The molecule has 0 radical (unpaired) electrons. The first kappa shape index (κ1) is 30.2. The van der Waals surface area contributed by atoms with Gasteiger partial charge in [0.25, 0.3) is 5.56 Å². The average Bonchev–Trinajstić information content (AvgIpc) is 3.12. The Hall–Kier alpha value is -3.36. The van der Waals surface area contributed by atoms with Crippen LogP contribution in [-0.2, 0) is 18.3 Å². The van der Waals surface area contributed by atoms with Gasteiger partial charge in [0.15, 0.2) is 5.78 Å². The Labute approximate surface area is 234 Å². The number of para-hydroxylation sites is 1. The molecule has 1 amide bonds.